The third kappa shape index (κ3) is 3.09. The highest BCUT2D eigenvalue weighted by molar-refractivity contribution is 7.99. The van der Waals surface area contributed by atoms with E-state index in [9.17, 15) is 10.1 Å². The summed E-state index contributed by atoms with van der Waals surface area (Å²) < 4.78 is 0. The molecular weight excluding hydrogens is 272 g/mol. The zero-order valence-electron chi connectivity index (χ0n) is 10.1. The van der Waals surface area contributed by atoms with Crippen LogP contribution in [0, 0.1) is 23.0 Å². The molecule has 0 bridgehead atoms. The van der Waals surface area contributed by atoms with Crippen LogP contribution in [0.1, 0.15) is 12.0 Å². The number of thioether (sulfide) groups is 1. The lowest BCUT2D eigenvalue weighted by atomic mass is 10.1. The molecule has 0 aliphatic carbocycles. The predicted molar refractivity (Wildman–Crippen MR) is 76.8 cm³/mol. The molecule has 1 unspecified atom stereocenters. The number of halogens is 1. The Morgan fingerprint density at radius 2 is 2.39 bits per heavy atom. The Labute approximate surface area is 115 Å². The maximum atomic E-state index is 10.8. The van der Waals surface area contributed by atoms with Gasteiger partial charge in [0.15, 0.2) is 0 Å². The van der Waals surface area contributed by atoms with E-state index in [1.165, 1.54) is 24.0 Å². The van der Waals surface area contributed by atoms with Crippen molar-refractivity contribution < 1.29 is 4.92 Å². The van der Waals surface area contributed by atoms with Gasteiger partial charge >= 0.3 is 0 Å². The number of nitro groups is 1. The monoisotopic (exact) mass is 286 g/mol. The minimum Gasteiger partial charge on any atom is -0.384 e. The number of nitrogens with one attached hydrogen (secondary N) is 1. The second kappa shape index (κ2) is 5.80. The summed E-state index contributed by atoms with van der Waals surface area (Å²) >= 11 is 7.88. The highest BCUT2D eigenvalue weighted by Crippen LogP contribution is 2.31. The Kier molecular flexibility index (Phi) is 4.35. The van der Waals surface area contributed by atoms with E-state index in [0.29, 0.717) is 5.92 Å². The quantitative estimate of drug-likeness (QED) is 0.677. The Bertz CT molecular complexity index is 462. The number of benzene rings is 1. The smallest absolute Gasteiger partial charge is 0.288 e. The first kappa shape index (κ1) is 13.5. The Morgan fingerprint density at radius 3 is 3.00 bits per heavy atom. The van der Waals surface area contributed by atoms with Gasteiger partial charge in [0.25, 0.3) is 5.69 Å². The van der Waals surface area contributed by atoms with Crippen LogP contribution in [0.4, 0.5) is 11.4 Å². The first-order valence-corrected chi connectivity index (χ1v) is 7.37. The van der Waals surface area contributed by atoms with Gasteiger partial charge in [0.1, 0.15) is 5.02 Å². The molecule has 1 aliphatic rings. The summed E-state index contributed by atoms with van der Waals surface area (Å²) in [5.74, 6) is 3.10. The molecule has 1 fully saturated rings. The summed E-state index contributed by atoms with van der Waals surface area (Å²) in [7, 11) is 0. The maximum absolute atomic E-state index is 10.8. The molecule has 4 nitrogen and oxygen atoms in total. The van der Waals surface area contributed by atoms with Crippen LogP contribution in [-0.4, -0.2) is 23.0 Å². The van der Waals surface area contributed by atoms with Gasteiger partial charge in [-0.05, 0) is 42.4 Å². The van der Waals surface area contributed by atoms with Crippen LogP contribution in [0.25, 0.3) is 0 Å². The second-order valence-corrected chi connectivity index (χ2v) is 6.04. The molecule has 18 heavy (non-hydrogen) atoms. The average molecular weight is 287 g/mol. The molecular formula is C12H15ClN2O2S. The third-order valence-corrected chi connectivity index (χ3v) is 4.63. The number of hydrogen-bond acceptors (Lipinski definition) is 4. The van der Waals surface area contributed by atoms with Crippen molar-refractivity contribution in [3.05, 3.63) is 32.8 Å². The fourth-order valence-electron chi connectivity index (χ4n) is 2.00. The van der Waals surface area contributed by atoms with Gasteiger partial charge < -0.3 is 5.32 Å². The van der Waals surface area contributed by atoms with Crippen molar-refractivity contribution in [2.75, 3.05) is 23.4 Å². The molecule has 0 saturated carbocycles. The minimum absolute atomic E-state index is 0.0314. The van der Waals surface area contributed by atoms with E-state index in [-0.39, 0.29) is 10.7 Å². The summed E-state index contributed by atoms with van der Waals surface area (Å²) in [6, 6.07) is 3.17. The topological polar surface area (TPSA) is 55.2 Å². The molecule has 0 amide bonds. The molecule has 0 radical (unpaired) electrons. The highest BCUT2D eigenvalue weighted by atomic mass is 35.5. The molecule has 1 aromatic carbocycles. The van der Waals surface area contributed by atoms with Gasteiger partial charge in [0, 0.05) is 18.3 Å². The molecule has 0 spiro atoms. The van der Waals surface area contributed by atoms with Crippen LogP contribution in [0.2, 0.25) is 5.02 Å². The molecule has 1 aliphatic heterocycles. The van der Waals surface area contributed by atoms with Crippen LogP contribution < -0.4 is 5.32 Å². The molecule has 1 heterocycles. The lowest BCUT2D eigenvalue weighted by Gasteiger charge is -2.13. The van der Waals surface area contributed by atoms with Crippen molar-refractivity contribution in [1.82, 2.24) is 0 Å². The van der Waals surface area contributed by atoms with E-state index in [4.69, 9.17) is 11.6 Å². The van der Waals surface area contributed by atoms with E-state index in [2.05, 4.69) is 5.32 Å². The lowest BCUT2D eigenvalue weighted by molar-refractivity contribution is -0.384. The number of rotatable bonds is 4. The fourth-order valence-corrected chi connectivity index (χ4v) is 3.51. The van der Waals surface area contributed by atoms with Crippen molar-refractivity contribution in [2.45, 2.75) is 13.3 Å². The molecule has 1 N–H and O–H groups in total. The van der Waals surface area contributed by atoms with E-state index in [1.54, 1.807) is 6.07 Å². The SMILES string of the molecule is Cc1cc([N+](=O)[O-])c(Cl)cc1NCC1CCSC1. The Morgan fingerprint density at radius 1 is 1.61 bits per heavy atom. The van der Waals surface area contributed by atoms with E-state index in [0.717, 1.165) is 17.8 Å². The van der Waals surface area contributed by atoms with Crippen molar-refractivity contribution >= 4 is 34.7 Å². The zero-order valence-corrected chi connectivity index (χ0v) is 11.7. The van der Waals surface area contributed by atoms with Gasteiger partial charge in [-0.3, -0.25) is 10.1 Å². The molecule has 98 valence electrons. The number of hydrogen-bond donors (Lipinski definition) is 1. The molecule has 1 atom stereocenters. The minimum atomic E-state index is -0.452. The zero-order chi connectivity index (χ0) is 13.1. The summed E-state index contributed by atoms with van der Waals surface area (Å²) in [6.45, 7) is 2.76. The number of aryl methyl sites for hydroxylation is 1. The highest BCUT2D eigenvalue weighted by Gasteiger charge is 2.17. The van der Waals surface area contributed by atoms with E-state index >= 15 is 0 Å². The Balaban J connectivity index is 2.08. The standard InChI is InChI=1S/C12H15ClN2O2S/c1-8-4-12(15(16)17)10(13)5-11(8)14-6-9-2-3-18-7-9/h4-5,9,14H,2-3,6-7H2,1H3. The van der Waals surface area contributed by atoms with Crippen molar-refractivity contribution in [2.24, 2.45) is 5.92 Å². The van der Waals surface area contributed by atoms with Crippen molar-refractivity contribution in [3.63, 3.8) is 0 Å². The van der Waals surface area contributed by atoms with Crippen LogP contribution in [0.15, 0.2) is 12.1 Å². The number of nitro benzene ring substituents is 1. The third-order valence-electron chi connectivity index (χ3n) is 3.10. The average Bonchev–Trinajstić information content (AvgIpc) is 2.82. The Hall–Kier alpha value is -0.940. The van der Waals surface area contributed by atoms with E-state index in [1.807, 2.05) is 18.7 Å². The molecule has 6 heteroatoms. The first-order chi connectivity index (χ1) is 8.58. The molecule has 1 aromatic rings. The number of nitrogens with zero attached hydrogens (tertiary/aromatic N) is 1. The van der Waals surface area contributed by atoms with Crippen molar-refractivity contribution in [1.29, 1.82) is 0 Å². The summed E-state index contributed by atoms with van der Waals surface area (Å²) in [5, 5.41) is 14.3. The maximum Gasteiger partial charge on any atom is 0.288 e. The summed E-state index contributed by atoms with van der Waals surface area (Å²) in [6.07, 6.45) is 1.23. The predicted octanol–water partition coefficient (Wildman–Crippen LogP) is 3.72. The molecule has 0 aromatic heterocycles. The fraction of sp³-hybridized carbons (Fsp3) is 0.500. The van der Waals surface area contributed by atoms with Gasteiger partial charge in [-0.25, -0.2) is 0 Å². The molecule has 1 saturated heterocycles. The van der Waals surface area contributed by atoms with Gasteiger partial charge in [-0.2, -0.15) is 11.8 Å². The summed E-state index contributed by atoms with van der Waals surface area (Å²) in [5.41, 5.74) is 1.72. The lowest BCUT2D eigenvalue weighted by Crippen LogP contribution is -2.14. The van der Waals surface area contributed by atoms with Gasteiger partial charge in [-0.1, -0.05) is 11.6 Å². The van der Waals surface area contributed by atoms with E-state index < -0.39 is 4.92 Å². The van der Waals surface area contributed by atoms with Gasteiger partial charge in [0.2, 0.25) is 0 Å². The number of anilines is 1. The largest absolute Gasteiger partial charge is 0.384 e. The van der Waals surface area contributed by atoms with Crippen molar-refractivity contribution in [3.8, 4) is 0 Å². The van der Waals surface area contributed by atoms with Gasteiger partial charge in [-0.15, -0.1) is 0 Å². The molecule has 2 rings (SSSR count). The van der Waals surface area contributed by atoms with Crippen LogP contribution >= 0.6 is 23.4 Å². The van der Waals surface area contributed by atoms with Crippen LogP contribution in [0.3, 0.4) is 0 Å². The first-order valence-electron chi connectivity index (χ1n) is 5.84. The summed E-state index contributed by atoms with van der Waals surface area (Å²) in [4.78, 5) is 10.3. The second-order valence-electron chi connectivity index (χ2n) is 4.49. The van der Waals surface area contributed by atoms with Crippen LogP contribution in [0.5, 0.6) is 0 Å². The van der Waals surface area contributed by atoms with Gasteiger partial charge in [0.05, 0.1) is 4.92 Å². The normalized spacial score (nSPS) is 18.9. The van der Waals surface area contributed by atoms with Crippen LogP contribution in [-0.2, 0) is 0 Å².